The van der Waals surface area contributed by atoms with E-state index in [0.717, 1.165) is 21.9 Å². The first-order valence-corrected chi connectivity index (χ1v) is 6.80. The van der Waals surface area contributed by atoms with E-state index >= 15 is 0 Å². The van der Waals surface area contributed by atoms with Crippen molar-refractivity contribution in [1.29, 1.82) is 0 Å². The Labute approximate surface area is 108 Å². The predicted molar refractivity (Wildman–Crippen MR) is 69.8 cm³/mol. The van der Waals surface area contributed by atoms with Gasteiger partial charge in [0.05, 0.1) is 0 Å². The largest absolute Gasteiger partial charge is 0.307 e. The Hall–Kier alpha value is -1.00. The van der Waals surface area contributed by atoms with Gasteiger partial charge in [-0.05, 0) is 46.5 Å². The van der Waals surface area contributed by atoms with Crippen LogP contribution >= 0.6 is 15.9 Å². The summed E-state index contributed by atoms with van der Waals surface area (Å²) in [6, 6.07) is 5.50. The number of rotatable bonds is 0. The van der Waals surface area contributed by atoms with E-state index in [1.54, 1.807) is 0 Å². The molecule has 0 spiro atoms. The third-order valence-corrected chi connectivity index (χ3v) is 4.24. The lowest BCUT2D eigenvalue weighted by molar-refractivity contribution is 0.508. The predicted octanol–water partition coefficient (Wildman–Crippen LogP) is 2.74. The summed E-state index contributed by atoms with van der Waals surface area (Å²) in [5.41, 5.74) is 3.50. The number of pyridine rings is 2. The number of hydrogen-bond acceptors (Lipinski definition) is 3. The molecule has 0 aliphatic carbocycles. The molecule has 4 rings (SSSR count). The quantitative estimate of drug-likeness (QED) is 0.810. The first kappa shape index (κ1) is 9.97. The average molecular weight is 290 g/mol. The first-order chi connectivity index (χ1) is 8.29. The van der Waals surface area contributed by atoms with Crippen LogP contribution in [0, 0.1) is 0 Å². The topological polar surface area (TPSA) is 37.8 Å². The lowest BCUT2D eigenvalue weighted by atomic mass is 9.99. The first-order valence-electron chi connectivity index (χ1n) is 6.01. The second-order valence-corrected chi connectivity index (χ2v) is 5.84. The molecule has 4 heteroatoms. The molecule has 4 heterocycles. The van der Waals surface area contributed by atoms with Crippen LogP contribution in [0.1, 0.15) is 30.1 Å². The van der Waals surface area contributed by atoms with E-state index in [1.165, 1.54) is 24.1 Å². The normalized spacial score (nSPS) is 26.2. The van der Waals surface area contributed by atoms with E-state index in [4.69, 9.17) is 4.98 Å². The second-order valence-electron chi connectivity index (χ2n) is 4.92. The van der Waals surface area contributed by atoms with Gasteiger partial charge in [0.25, 0.3) is 0 Å². The standard InChI is InChI=1S/C13H12BrN3/c14-8-3-7-4-10-11-2-1-9(16-11)5-12(10)17-13(7)15-6-8/h3-4,6,9,11,16H,1-2,5H2. The number of aromatic nitrogens is 2. The Bertz CT molecular complexity index is 611. The van der Waals surface area contributed by atoms with Crippen LogP contribution in [-0.4, -0.2) is 16.0 Å². The minimum atomic E-state index is 0.514. The maximum atomic E-state index is 4.73. The molecule has 0 saturated carbocycles. The lowest BCUT2D eigenvalue weighted by Gasteiger charge is -2.23. The summed E-state index contributed by atoms with van der Waals surface area (Å²) >= 11 is 3.46. The molecular weight excluding hydrogens is 278 g/mol. The second kappa shape index (κ2) is 3.50. The van der Waals surface area contributed by atoms with Gasteiger partial charge in [0.15, 0.2) is 5.65 Å². The minimum absolute atomic E-state index is 0.514. The van der Waals surface area contributed by atoms with E-state index in [1.807, 2.05) is 6.20 Å². The molecule has 2 unspecified atom stereocenters. The molecular formula is C13H12BrN3. The molecule has 17 heavy (non-hydrogen) atoms. The molecule has 1 saturated heterocycles. The van der Waals surface area contributed by atoms with E-state index in [-0.39, 0.29) is 0 Å². The van der Waals surface area contributed by atoms with E-state index in [2.05, 4.69) is 38.4 Å². The van der Waals surface area contributed by atoms with Crippen LogP contribution in [0.25, 0.3) is 11.0 Å². The van der Waals surface area contributed by atoms with Gasteiger partial charge >= 0.3 is 0 Å². The summed E-state index contributed by atoms with van der Waals surface area (Å²) in [6.07, 6.45) is 5.39. The smallest absolute Gasteiger partial charge is 0.159 e. The van der Waals surface area contributed by atoms with Crippen LogP contribution in [0.3, 0.4) is 0 Å². The number of nitrogens with one attached hydrogen (secondary N) is 1. The molecule has 0 amide bonds. The van der Waals surface area contributed by atoms with E-state index in [0.29, 0.717) is 12.1 Å². The molecule has 86 valence electrons. The zero-order valence-electron chi connectivity index (χ0n) is 9.28. The van der Waals surface area contributed by atoms with Gasteiger partial charge in [0.1, 0.15) is 0 Å². The minimum Gasteiger partial charge on any atom is -0.307 e. The van der Waals surface area contributed by atoms with Crippen molar-refractivity contribution in [3.63, 3.8) is 0 Å². The van der Waals surface area contributed by atoms with Gasteiger partial charge in [-0.15, -0.1) is 0 Å². The number of fused-ring (bicyclic) bond motifs is 5. The molecule has 1 N–H and O–H groups in total. The highest BCUT2D eigenvalue weighted by Crippen LogP contribution is 2.36. The summed E-state index contributed by atoms with van der Waals surface area (Å²) in [7, 11) is 0. The van der Waals surface area contributed by atoms with Crippen molar-refractivity contribution in [2.24, 2.45) is 0 Å². The summed E-state index contributed by atoms with van der Waals surface area (Å²) in [5, 5.41) is 4.78. The van der Waals surface area contributed by atoms with Gasteiger partial charge in [0.2, 0.25) is 0 Å². The third kappa shape index (κ3) is 1.51. The van der Waals surface area contributed by atoms with Crippen molar-refractivity contribution in [3.8, 4) is 0 Å². The SMILES string of the molecule is Brc1cnc2nc3c(cc2c1)C1CCC(C3)N1. The monoisotopic (exact) mass is 289 g/mol. The molecule has 0 radical (unpaired) electrons. The molecule has 3 nitrogen and oxygen atoms in total. The fourth-order valence-electron chi connectivity index (χ4n) is 3.01. The summed E-state index contributed by atoms with van der Waals surface area (Å²) in [5.74, 6) is 0. The maximum Gasteiger partial charge on any atom is 0.159 e. The van der Waals surface area contributed by atoms with Gasteiger partial charge in [0, 0.05) is 40.3 Å². The van der Waals surface area contributed by atoms with Crippen LogP contribution in [0.5, 0.6) is 0 Å². The van der Waals surface area contributed by atoms with Gasteiger partial charge < -0.3 is 5.32 Å². The number of nitrogens with zero attached hydrogens (tertiary/aromatic N) is 2. The molecule has 2 bridgehead atoms. The van der Waals surface area contributed by atoms with Crippen molar-refractivity contribution in [1.82, 2.24) is 15.3 Å². The molecule has 2 aliphatic heterocycles. The Morgan fingerprint density at radius 1 is 1.29 bits per heavy atom. The van der Waals surface area contributed by atoms with Crippen LogP contribution in [0.2, 0.25) is 0 Å². The number of halogens is 1. The van der Waals surface area contributed by atoms with Crippen LogP contribution in [0.4, 0.5) is 0 Å². The van der Waals surface area contributed by atoms with Crippen molar-refractivity contribution < 1.29 is 0 Å². The van der Waals surface area contributed by atoms with Crippen molar-refractivity contribution in [2.75, 3.05) is 0 Å². The molecule has 2 aromatic heterocycles. The molecule has 2 aliphatic rings. The van der Waals surface area contributed by atoms with Crippen LogP contribution in [0.15, 0.2) is 22.8 Å². The highest BCUT2D eigenvalue weighted by atomic mass is 79.9. The van der Waals surface area contributed by atoms with Gasteiger partial charge in [-0.2, -0.15) is 0 Å². The Morgan fingerprint density at radius 2 is 2.24 bits per heavy atom. The lowest BCUT2D eigenvalue weighted by Crippen LogP contribution is -2.32. The third-order valence-electron chi connectivity index (χ3n) is 3.80. The molecule has 2 atom stereocenters. The van der Waals surface area contributed by atoms with Gasteiger partial charge in [-0.3, -0.25) is 0 Å². The van der Waals surface area contributed by atoms with E-state index in [9.17, 15) is 0 Å². The Kier molecular flexibility index (Phi) is 2.05. The molecule has 2 aromatic rings. The Balaban J connectivity index is 1.97. The summed E-state index contributed by atoms with van der Waals surface area (Å²) in [4.78, 5) is 9.11. The fraction of sp³-hybridized carbons (Fsp3) is 0.385. The van der Waals surface area contributed by atoms with E-state index < -0.39 is 0 Å². The highest BCUT2D eigenvalue weighted by molar-refractivity contribution is 9.10. The Morgan fingerprint density at radius 3 is 3.18 bits per heavy atom. The summed E-state index contributed by atoms with van der Waals surface area (Å²) in [6.45, 7) is 0. The van der Waals surface area contributed by atoms with Crippen LogP contribution < -0.4 is 5.32 Å². The van der Waals surface area contributed by atoms with Crippen LogP contribution in [-0.2, 0) is 6.42 Å². The highest BCUT2D eigenvalue weighted by Gasteiger charge is 2.33. The fourth-order valence-corrected chi connectivity index (χ4v) is 3.36. The zero-order chi connectivity index (χ0) is 11.4. The maximum absolute atomic E-state index is 4.73. The van der Waals surface area contributed by atoms with Gasteiger partial charge in [-0.1, -0.05) is 0 Å². The average Bonchev–Trinajstić information content (AvgIpc) is 2.71. The summed E-state index contributed by atoms with van der Waals surface area (Å²) < 4.78 is 1.01. The van der Waals surface area contributed by atoms with Crippen molar-refractivity contribution >= 4 is 27.0 Å². The van der Waals surface area contributed by atoms with Crippen molar-refractivity contribution in [2.45, 2.75) is 31.3 Å². The zero-order valence-corrected chi connectivity index (χ0v) is 10.9. The number of hydrogen-bond donors (Lipinski definition) is 1. The molecule has 0 aromatic carbocycles. The van der Waals surface area contributed by atoms with Crippen molar-refractivity contribution in [3.05, 3.63) is 34.1 Å². The molecule has 1 fully saturated rings. The van der Waals surface area contributed by atoms with Gasteiger partial charge in [-0.25, -0.2) is 9.97 Å².